The minimum atomic E-state index is -1.49. The molecule has 23 heavy (non-hydrogen) atoms. The zero-order chi connectivity index (χ0) is 17.6. The van der Waals surface area contributed by atoms with E-state index in [0.29, 0.717) is 6.42 Å². The van der Waals surface area contributed by atoms with Crippen LogP contribution in [0.4, 0.5) is 0 Å². The fourth-order valence-electron chi connectivity index (χ4n) is 3.95. The van der Waals surface area contributed by atoms with Crippen LogP contribution in [0.5, 0.6) is 0 Å². The van der Waals surface area contributed by atoms with Gasteiger partial charge in [0.15, 0.2) is 5.79 Å². The van der Waals surface area contributed by atoms with Gasteiger partial charge in [-0.05, 0) is 25.7 Å². The Morgan fingerprint density at radius 1 is 0.522 bits per heavy atom. The van der Waals surface area contributed by atoms with E-state index in [-0.39, 0.29) is 5.41 Å². The van der Waals surface area contributed by atoms with Gasteiger partial charge in [0.05, 0.1) is 0 Å². The van der Waals surface area contributed by atoms with E-state index in [1.807, 2.05) is 0 Å². The summed E-state index contributed by atoms with van der Waals surface area (Å²) in [5, 5.41) is 21.7. The lowest BCUT2D eigenvalue weighted by molar-refractivity contribution is -0.255. The second kappa shape index (κ2) is 13.2. The molecular weight excluding hydrogens is 284 g/mol. The number of hydrogen-bond acceptors (Lipinski definition) is 2. The zero-order valence-corrected chi connectivity index (χ0v) is 16.5. The molecule has 0 radical (unpaired) electrons. The quantitative estimate of drug-likeness (QED) is 0.248. The standard InChI is InChI=1S/C21H44O2/c1-5-9-11-13-14-16-19-21(22,23)20(8-4,17-7-3)18-15-12-10-6-2/h22-23H,5-19H2,1-4H3. The Labute approximate surface area is 146 Å². The summed E-state index contributed by atoms with van der Waals surface area (Å²) in [4.78, 5) is 0. The van der Waals surface area contributed by atoms with Crippen LogP contribution >= 0.6 is 0 Å². The molecule has 0 aliphatic rings. The summed E-state index contributed by atoms with van der Waals surface area (Å²) in [5.41, 5.74) is -0.307. The summed E-state index contributed by atoms with van der Waals surface area (Å²) in [6, 6.07) is 0. The predicted molar refractivity (Wildman–Crippen MR) is 102 cm³/mol. The lowest BCUT2D eigenvalue weighted by Gasteiger charge is -2.44. The molecule has 1 unspecified atom stereocenters. The van der Waals surface area contributed by atoms with Crippen molar-refractivity contribution in [3.63, 3.8) is 0 Å². The average Bonchev–Trinajstić information content (AvgIpc) is 2.53. The van der Waals surface area contributed by atoms with Crippen molar-refractivity contribution < 1.29 is 10.2 Å². The van der Waals surface area contributed by atoms with E-state index in [2.05, 4.69) is 27.7 Å². The minimum absolute atomic E-state index is 0.307. The van der Waals surface area contributed by atoms with E-state index in [9.17, 15) is 10.2 Å². The second-order valence-electron chi connectivity index (χ2n) is 7.53. The molecule has 0 amide bonds. The van der Waals surface area contributed by atoms with E-state index in [1.165, 1.54) is 44.9 Å². The zero-order valence-electron chi connectivity index (χ0n) is 16.5. The number of aliphatic hydroxyl groups is 2. The third-order valence-corrected chi connectivity index (χ3v) is 5.64. The smallest absolute Gasteiger partial charge is 0.168 e. The van der Waals surface area contributed by atoms with Gasteiger partial charge in [-0.2, -0.15) is 0 Å². The van der Waals surface area contributed by atoms with Crippen LogP contribution < -0.4 is 0 Å². The van der Waals surface area contributed by atoms with Crippen molar-refractivity contribution in [2.45, 2.75) is 130 Å². The van der Waals surface area contributed by atoms with Gasteiger partial charge in [0.25, 0.3) is 0 Å². The lowest BCUT2D eigenvalue weighted by atomic mass is 9.68. The molecule has 0 heterocycles. The Balaban J connectivity index is 4.51. The maximum Gasteiger partial charge on any atom is 0.168 e. The number of unbranched alkanes of at least 4 members (excludes halogenated alkanes) is 8. The van der Waals surface area contributed by atoms with Gasteiger partial charge in [0, 0.05) is 11.8 Å². The fourth-order valence-corrected chi connectivity index (χ4v) is 3.95. The monoisotopic (exact) mass is 328 g/mol. The first-order valence-electron chi connectivity index (χ1n) is 10.4. The van der Waals surface area contributed by atoms with Crippen LogP contribution in [-0.2, 0) is 0 Å². The van der Waals surface area contributed by atoms with Crippen molar-refractivity contribution in [1.82, 2.24) is 0 Å². The fraction of sp³-hybridized carbons (Fsp3) is 1.00. The van der Waals surface area contributed by atoms with E-state index in [0.717, 1.165) is 44.9 Å². The van der Waals surface area contributed by atoms with Gasteiger partial charge < -0.3 is 10.2 Å². The Kier molecular flexibility index (Phi) is 13.2. The Bertz CT molecular complexity index is 263. The molecule has 0 saturated heterocycles. The van der Waals surface area contributed by atoms with Gasteiger partial charge in [-0.25, -0.2) is 0 Å². The molecule has 0 aliphatic carbocycles. The normalized spacial score (nSPS) is 14.9. The molecule has 0 rings (SSSR count). The van der Waals surface area contributed by atoms with Gasteiger partial charge in [-0.1, -0.05) is 91.9 Å². The maximum absolute atomic E-state index is 10.9. The summed E-state index contributed by atoms with van der Waals surface area (Å²) in [6.07, 6.45) is 16.3. The van der Waals surface area contributed by atoms with Crippen molar-refractivity contribution in [3.8, 4) is 0 Å². The van der Waals surface area contributed by atoms with Gasteiger partial charge in [0.2, 0.25) is 0 Å². The van der Waals surface area contributed by atoms with Crippen LogP contribution in [0, 0.1) is 5.41 Å². The minimum Gasteiger partial charge on any atom is -0.365 e. The maximum atomic E-state index is 10.9. The molecule has 0 saturated carbocycles. The highest BCUT2D eigenvalue weighted by Crippen LogP contribution is 2.45. The van der Waals surface area contributed by atoms with Gasteiger partial charge in [-0.15, -0.1) is 0 Å². The van der Waals surface area contributed by atoms with Gasteiger partial charge in [-0.3, -0.25) is 0 Å². The van der Waals surface area contributed by atoms with Crippen molar-refractivity contribution in [2.24, 2.45) is 5.41 Å². The number of rotatable bonds is 16. The average molecular weight is 329 g/mol. The highest BCUT2D eigenvalue weighted by molar-refractivity contribution is 4.90. The lowest BCUT2D eigenvalue weighted by Crippen LogP contribution is -2.48. The SMILES string of the molecule is CCCCCCCCC(O)(O)C(CC)(CCC)CCCCCC. The highest BCUT2D eigenvalue weighted by atomic mass is 16.5. The Morgan fingerprint density at radius 2 is 1.00 bits per heavy atom. The summed E-state index contributed by atoms with van der Waals surface area (Å²) < 4.78 is 0. The van der Waals surface area contributed by atoms with E-state index in [1.54, 1.807) is 0 Å². The molecule has 0 aromatic rings. The van der Waals surface area contributed by atoms with Gasteiger partial charge in [0.1, 0.15) is 0 Å². The second-order valence-corrected chi connectivity index (χ2v) is 7.53. The van der Waals surface area contributed by atoms with Crippen LogP contribution in [0.2, 0.25) is 0 Å². The molecule has 1 atom stereocenters. The van der Waals surface area contributed by atoms with Crippen molar-refractivity contribution in [2.75, 3.05) is 0 Å². The summed E-state index contributed by atoms with van der Waals surface area (Å²) >= 11 is 0. The van der Waals surface area contributed by atoms with Crippen molar-refractivity contribution >= 4 is 0 Å². The van der Waals surface area contributed by atoms with Crippen LogP contribution in [0.3, 0.4) is 0 Å². The molecular formula is C21H44O2. The van der Waals surface area contributed by atoms with E-state index >= 15 is 0 Å². The predicted octanol–water partition coefficient (Wildman–Crippen LogP) is 6.58. The van der Waals surface area contributed by atoms with Crippen LogP contribution in [0.25, 0.3) is 0 Å². The summed E-state index contributed by atoms with van der Waals surface area (Å²) in [6.45, 7) is 8.75. The highest BCUT2D eigenvalue weighted by Gasteiger charge is 2.46. The first-order chi connectivity index (χ1) is 11.0. The third kappa shape index (κ3) is 8.54. The molecule has 0 aromatic heterocycles. The van der Waals surface area contributed by atoms with Crippen LogP contribution in [0.1, 0.15) is 124 Å². The van der Waals surface area contributed by atoms with Crippen molar-refractivity contribution in [3.05, 3.63) is 0 Å². The van der Waals surface area contributed by atoms with Crippen LogP contribution in [0.15, 0.2) is 0 Å². The molecule has 0 aromatic carbocycles. The number of hydrogen-bond donors (Lipinski definition) is 2. The van der Waals surface area contributed by atoms with Gasteiger partial charge >= 0.3 is 0 Å². The molecule has 140 valence electrons. The third-order valence-electron chi connectivity index (χ3n) is 5.64. The van der Waals surface area contributed by atoms with E-state index < -0.39 is 5.79 Å². The topological polar surface area (TPSA) is 40.5 Å². The molecule has 0 bridgehead atoms. The Hall–Kier alpha value is -0.0800. The largest absolute Gasteiger partial charge is 0.365 e. The molecule has 0 aliphatic heterocycles. The molecule has 0 fully saturated rings. The first kappa shape index (κ1) is 22.9. The molecule has 2 nitrogen and oxygen atoms in total. The Morgan fingerprint density at radius 3 is 1.52 bits per heavy atom. The van der Waals surface area contributed by atoms with E-state index in [4.69, 9.17) is 0 Å². The molecule has 2 N–H and O–H groups in total. The first-order valence-corrected chi connectivity index (χ1v) is 10.4. The summed E-state index contributed by atoms with van der Waals surface area (Å²) in [5.74, 6) is -1.49. The van der Waals surface area contributed by atoms with Crippen LogP contribution in [-0.4, -0.2) is 16.0 Å². The summed E-state index contributed by atoms with van der Waals surface area (Å²) in [7, 11) is 0. The van der Waals surface area contributed by atoms with Crippen molar-refractivity contribution in [1.29, 1.82) is 0 Å². The molecule has 0 spiro atoms. The molecule has 2 heteroatoms.